The summed E-state index contributed by atoms with van der Waals surface area (Å²) in [4.78, 5) is 4.69. The highest BCUT2D eigenvalue weighted by molar-refractivity contribution is 6.30. The van der Waals surface area contributed by atoms with Gasteiger partial charge in [0.05, 0.1) is 11.7 Å². The fraction of sp³-hybridized carbons (Fsp3) is 0.182. The summed E-state index contributed by atoms with van der Waals surface area (Å²) in [6.07, 6.45) is 7.52. The van der Waals surface area contributed by atoms with Crippen molar-refractivity contribution in [3.05, 3.63) is 136 Å². The van der Waals surface area contributed by atoms with Crippen molar-refractivity contribution in [3.63, 3.8) is 0 Å². The molecule has 4 aromatic carbocycles. The smallest absolute Gasteiger partial charge is 0.128 e. The van der Waals surface area contributed by atoms with Crippen LogP contribution < -0.4 is 10.1 Å². The maximum absolute atomic E-state index is 13.5. The van der Waals surface area contributed by atoms with E-state index in [4.69, 9.17) is 16.3 Å². The molecule has 0 spiro atoms. The molecule has 0 fully saturated rings. The molecule has 0 amide bonds. The number of aliphatic imine (C=N–C) groups is 1. The van der Waals surface area contributed by atoms with Gasteiger partial charge in [-0.2, -0.15) is 0 Å². The van der Waals surface area contributed by atoms with Crippen LogP contribution in [0.15, 0.2) is 102 Å². The number of nitrogens with zero attached hydrogens (tertiary/aromatic N) is 1. The Balaban J connectivity index is 1.19. The second-order valence-corrected chi connectivity index (χ2v) is 10.5. The molecular weight excluding hydrogens is 495 g/mol. The Labute approximate surface area is 227 Å². The molecule has 3 nitrogen and oxygen atoms in total. The number of hydrogen-bond acceptors (Lipinski definition) is 3. The van der Waals surface area contributed by atoms with Gasteiger partial charge in [0.2, 0.25) is 0 Å². The summed E-state index contributed by atoms with van der Waals surface area (Å²) in [6.45, 7) is 2.41. The van der Waals surface area contributed by atoms with E-state index in [1.165, 1.54) is 34.5 Å². The van der Waals surface area contributed by atoms with Gasteiger partial charge < -0.3 is 10.1 Å². The van der Waals surface area contributed by atoms with Crippen LogP contribution in [0.4, 0.5) is 15.8 Å². The van der Waals surface area contributed by atoms with Crippen molar-refractivity contribution in [1.82, 2.24) is 0 Å². The first-order chi connectivity index (χ1) is 18.5. The van der Waals surface area contributed by atoms with E-state index in [9.17, 15) is 4.39 Å². The molecule has 0 saturated heterocycles. The lowest BCUT2D eigenvalue weighted by molar-refractivity contribution is 0.305. The number of hydrogen-bond donors (Lipinski definition) is 1. The summed E-state index contributed by atoms with van der Waals surface area (Å²) in [5.41, 5.74) is 7.55. The quantitative estimate of drug-likeness (QED) is 0.202. The van der Waals surface area contributed by atoms with Gasteiger partial charge in [-0.15, -0.1) is 0 Å². The number of ether oxygens (including phenoxy) is 1. The Kier molecular flexibility index (Phi) is 6.73. The third-order valence-electron chi connectivity index (χ3n) is 7.38. The van der Waals surface area contributed by atoms with Crippen molar-refractivity contribution in [2.45, 2.75) is 31.9 Å². The lowest BCUT2D eigenvalue weighted by atomic mass is 9.76. The third-order valence-corrected chi connectivity index (χ3v) is 7.61. The van der Waals surface area contributed by atoms with Gasteiger partial charge in [-0.3, -0.25) is 4.99 Å². The van der Waals surface area contributed by atoms with Crippen LogP contribution in [0.1, 0.15) is 46.2 Å². The Hall–Kier alpha value is -3.89. The van der Waals surface area contributed by atoms with E-state index in [0.717, 1.165) is 23.2 Å². The minimum absolute atomic E-state index is 0.249. The second kappa shape index (κ2) is 10.5. The van der Waals surface area contributed by atoms with Crippen LogP contribution in [0.25, 0.3) is 0 Å². The molecule has 1 heterocycles. The molecule has 3 atom stereocenters. The molecule has 6 rings (SSSR count). The summed E-state index contributed by atoms with van der Waals surface area (Å²) in [5, 5.41) is 4.40. The Morgan fingerprint density at radius 3 is 2.74 bits per heavy atom. The standard InChI is InChI=1S/C33H28ClFN2O/c1-21-8-14-31-30(16-21)28-6-3-7-29(28)33(37-31)23-9-12-27(13-10-23)36-19-24-18-25(34)11-15-32(24)38-20-22-4-2-5-26(35)17-22/h2-6,8-19,28-29,33,37H,7,20H2,1H3/t28-,29+,33+/m1/s1. The molecule has 1 N–H and O–H groups in total. The molecule has 0 bridgehead atoms. The molecule has 190 valence electrons. The summed E-state index contributed by atoms with van der Waals surface area (Å²) in [5.74, 6) is 1.30. The average molecular weight is 523 g/mol. The largest absolute Gasteiger partial charge is 0.488 e. The van der Waals surface area contributed by atoms with Crippen LogP contribution in [-0.4, -0.2) is 6.21 Å². The highest BCUT2D eigenvalue weighted by atomic mass is 35.5. The van der Waals surface area contributed by atoms with Crippen molar-refractivity contribution >= 4 is 29.2 Å². The summed E-state index contributed by atoms with van der Waals surface area (Å²) in [7, 11) is 0. The van der Waals surface area contributed by atoms with E-state index < -0.39 is 0 Å². The predicted molar refractivity (Wildman–Crippen MR) is 153 cm³/mol. The number of nitrogens with one attached hydrogen (secondary N) is 1. The van der Waals surface area contributed by atoms with Crippen molar-refractivity contribution in [3.8, 4) is 5.75 Å². The van der Waals surface area contributed by atoms with Gasteiger partial charge in [-0.25, -0.2) is 4.39 Å². The number of anilines is 1. The van der Waals surface area contributed by atoms with Crippen molar-refractivity contribution < 1.29 is 9.13 Å². The number of rotatable bonds is 6. The number of halogens is 2. The van der Waals surface area contributed by atoms with E-state index >= 15 is 0 Å². The Morgan fingerprint density at radius 1 is 1.03 bits per heavy atom. The van der Waals surface area contributed by atoms with Crippen LogP contribution >= 0.6 is 11.6 Å². The molecule has 5 heteroatoms. The Morgan fingerprint density at radius 2 is 1.89 bits per heavy atom. The summed E-state index contributed by atoms with van der Waals surface area (Å²) >= 11 is 6.25. The minimum atomic E-state index is -0.283. The van der Waals surface area contributed by atoms with Gasteiger partial charge >= 0.3 is 0 Å². The lowest BCUT2D eigenvalue weighted by Gasteiger charge is -2.37. The fourth-order valence-corrected chi connectivity index (χ4v) is 5.68. The third kappa shape index (κ3) is 5.09. The maximum Gasteiger partial charge on any atom is 0.128 e. The monoisotopic (exact) mass is 522 g/mol. The SMILES string of the molecule is Cc1ccc2c(c1)[C@@H]1C=CC[C@@H]1[C@H](c1ccc(N=Cc3cc(Cl)ccc3OCc3cccc(F)c3)cc1)N2. The highest BCUT2D eigenvalue weighted by Crippen LogP contribution is 2.50. The van der Waals surface area contributed by atoms with E-state index in [0.29, 0.717) is 22.6 Å². The highest BCUT2D eigenvalue weighted by Gasteiger charge is 2.37. The number of allylic oxidation sites excluding steroid dienone is 2. The molecule has 38 heavy (non-hydrogen) atoms. The summed E-state index contributed by atoms with van der Waals surface area (Å²) < 4.78 is 19.5. The Bertz CT molecular complexity index is 1530. The number of aryl methyl sites for hydroxylation is 1. The van der Waals surface area contributed by atoms with E-state index in [2.05, 4.69) is 59.7 Å². The number of benzene rings is 4. The first-order valence-corrected chi connectivity index (χ1v) is 13.3. The van der Waals surface area contributed by atoms with Gasteiger partial charge in [0.1, 0.15) is 18.2 Å². The van der Waals surface area contributed by atoms with Gasteiger partial charge in [0, 0.05) is 28.4 Å². The van der Waals surface area contributed by atoms with Crippen molar-refractivity contribution in [1.29, 1.82) is 0 Å². The first-order valence-electron chi connectivity index (χ1n) is 12.9. The van der Waals surface area contributed by atoms with Gasteiger partial charge in [0.15, 0.2) is 0 Å². The van der Waals surface area contributed by atoms with Gasteiger partial charge in [-0.05, 0) is 84.5 Å². The molecule has 0 aromatic heterocycles. The molecule has 0 radical (unpaired) electrons. The molecule has 0 saturated carbocycles. The van der Waals surface area contributed by atoms with E-state index in [1.807, 2.05) is 30.3 Å². The molecular formula is C33H28ClFN2O. The zero-order valence-corrected chi connectivity index (χ0v) is 21.8. The average Bonchev–Trinajstić information content (AvgIpc) is 3.42. The second-order valence-electron chi connectivity index (χ2n) is 10.0. The molecule has 1 aliphatic heterocycles. The predicted octanol–water partition coefficient (Wildman–Crippen LogP) is 8.94. The molecule has 4 aromatic rings. The van der Waals surface area contributed by atoms with Crippen LogP contribution in [0.2, 0.25) is 5.02 Å². The maximum atomic E-state index is 13.5. The van der Waals surface area contributed by atoms with Crippen molar-refractivity contribution in [2.75, 3.05) is 5.32 Å². The zero-order chi connectivity index (χ0) is 26.1. The fourth-order valence-electron chi connectivity index (χ4n) is 5.50. The van der Waals surface area contributed by atoms with Crippen LogP contribution in [0, 0.1) is 18.7 Å². The molecule has 1 aliphatic carbocycles. The van der Waals surface area contributed by atoms with Crippen molar-refractivity contribution in [2.24, 2.45) is 10.9 Å². The zero-order valence-electron chi connectivity index (χ0n) is 21.1. The molecule has 2 aliphatic rings. The van der Waals surface area contributed by atoms with Crippen LogP contribution in [0.3, 0.4) is 0 Å². The van der Waals surface area contributed by atoms with Gasteiger partial charge in [0.25, 0.3) is 0 Å². The van der Waals surface area contributed by atoms with E-state index in [1.54, 1.807) is 18.3 Å². The topological polar surface area (TPSA) is 33.6 Å². The summed E-state index contributed by atoms with van der Waals surface area (Å²) in [6, 6.07) is 27.2. The minimum Gasteiger partial charge on any atom is -0.488 e. The van der Waals surface area contributed by atoms with Gasteiger partial charge in [-0.1, -0.05) is 65.7 Å². The lowest BCUT2D eigenvalue weighted by Crippen LogP contribution is -2.29. The van der Waals surface area contributed by atoms with Crippen LogP contribution in [-0.2, 0) is 6.61 Å². The van der Waals surface area contributed by atoms with E-state index in [-0.39, 0.29) is 18.5 Å². The molecule has 0 unspecified atom stereocenters. The first kappa shape index (κ1) is 24.4. The number of fused-ring (bicyclic) bond motifs is 3. The van der Waals surface area contributed by atoms with Crippen LogP contribution in [0.5, 0.6) is 5.75 Å². The normalized spacial score (nSPS) is 19.7.